The van der Waals surface area contributed by atoms with Crippen molar-refractivity contribution in [2.45, 2.75) is 26.1 Å². The van der Waals surface area contributed by atoms with E-state index in [1.54, 1.807) is 24.1 Å². The molecule has 0 bridgehead atoms. The van der Waals surface area contributed by atoms with Crippen molar-refractivity contribution >= 4 is 16.6 Å². The topological polar surface area (TPSA) is 94.3 Å². The summed E-state index contributed by atoms with van der Waals surface area (Å²) in [4.78, 5) is 31.5. The fourth-order valence-corrected chi connectivity index (χ4v) is 4.86. The molecule has 5 rings (SSSR count). The number of morpholine rings is 1. The number of hydrogen-bond acceptors (Lipinski definition) is 7. The molecule has 0 spiro atoms. The molecule has 4 heterocycles. The largest absolute Gasteiger partial charge is 0.419 e. The molecular formula is C27H26F4N6O3. The second kappa shape index (κ2) is 10.4. The van der Waals surface area contributed by atoms with Gasteiger partial charge in [-0.15, -0.1) is 0 Å². The van der Waals surface area contributed by atoms with E-state index in [9.17, 15) is 27.2 Å². The number of pyridine rings is 2. The van der Waals surface area contributed by atoms with E-state index in [2.05, 4.69) is 15.4 Å². The van der Waals surface area contributed by atoms with Crippen molar-refractivity contribution in [3.63, 3.8) is 0 Å². The molecule has 1 N–H and O–H groups in total. The molecule has 1 fully saturated rings. The molecule has 1 atom stereocenters. The van der Waals surface area contributed by atoms with Gasteiger partial charge in [-0.05, 0) is 37.6 Å². The number of nitrogens with one attached hydrogen (secondary N) is 1. The molecule has 210 valence electrons. The van der Waals surface area contributed by atoms with Crippen LogP contribution in [0.2, 0.25) is 0 Å². The average Bonchev–Trinajstić information content (AvgIpc) is 2.91. The van der Waals surface area contributed by atoms with Crippen LogP contribution in [-0.2, 0) is 18.0 Å². The number of aryl methyl sites for hydroxylation is 2. The van der Waals surface area contributed by atoms with Crippen LogP contribution in [0.15, 0.2) is 52.3 Å². The van der Waals surface area contributed by atoms with Crippen LogP contribution < -0.4 is 21.4 Å². The van der Waals surface area contributed by atoms with E-state index in [-0.39, 0.29) is 27.7 Å². The maximum Gasteiger partial charge on any atom is 0.419 e. The number of nitrogens with zero attached hydrogens (tertiary/aromatic N) is 5. The zero-order valence-corrected chi connectivity index (χ0v) is 21.9. The van der Waals surface area contributed by atoms with E-state index in [0.717, 1.165) is 10.7 Å². The first kappa shape index (κ1) is 27.3. The fourth-order valence-electron chi connectivity index (χ4n) is 4.86. The summed E-state index contributed by atoms with van der Waals surface area (Å²) in [5, 5.41) is 9.38. The predicted octanol–water partition coefficient (Wildman–Crippen LogP) is 3.76. The van der Waals surface area contributed by atoms with Gasteiger partial charge in [0.2, 0.25) is 0 Å². The van der Waals surface area contributed by atoms with Gasteiger partial charge in [-0.25, -0.2) is 13.7 Å². The highest BCUT2D eigenvalue weighted by Crippen LogP contribution is 2.35. The summed E-state index contributed by atoms with van der Waals surface area (Å²) in [7, 11) is 1.40. The van der Waals surface area contributed by atoms with Gasteiger partial charge < -0.3 is 15.1 Å². The molecule has 1 aliphatic rings. The van der Waals surface area contributed by atoms with Gasteiger partial charge in [0.25, 0.3) is 11.1 Å². The van der Waals surface area contributed by atoms with Crippen LogP contribution in [-0.4, -0.2) is 45.7 Å². The molecule has 0 saturated carbocycles. The van der Waals surface area contributed by atoms with Crippen LogP contribution in [0.3, 0.4) is 0 Å². The summed E-state index contributed by atoms with van der Waals surface area (Å²) < 4.78 is 62.9. The summed E-state index contributed by atoms with van der Waals surface area (Å²) in [6.45, 7) is 4.84. The summed E-state index contributed by atoms with van der Waals surface area (Å²) in [6.07, 6.45) is -1.86. The Morgan fingerprint density at radius 1 is 1.10 bits per heavy atom. The Labute approximate surface area is 225 Å². The minimum Gasteiger partial charge on any atom is -0.378 e. The quantitative estimate of drug-likeness (QED) is 0.373. The van der Waals surface area contributed by atoms with Crippen LogP contribution in [0.1, 0.15) is 29.8 Å². The van der Waals surface area contributed by atoms with Crippen molar-refractivity contribution in [2.75, 3.05) is 36.6 Å². The summed E-state index contributed by atoms with van der Waals surface area (Å²) in [6, 6.07) is 5.39. The van der Waals surface area contributed by atoms with Crippen molar-refractivity contribution < 1.29 is 22.3 Å². The maximum absolute atomic E-state index is 15.0. The van der Waals surface area contributed by atoms with Crippen molar-refractivity contribution in [1.29, 1.82) is 0 Å². The Balaban J connectivity index is 1.75. The van der Waals surface area contributed by atoms with E-state index in [1.807, 2.05) is 0 Å². The number of benzene rings is 1. The maximum atomic E-state index is 15.0. The third kappa shape index (κ3) is 4.92. The molecule has 4 aromatic rings. The van der Waals surface area contributed by atoms with Gasteiger partial charge in [-0.3, -0.25) is 14.6 Å². The molecule has 1 aliphatic heterocycles. The van der Waals surface area contributed by atoms with Gasteiger partial charge in [0.05, 0.1) is 54.2 Å². The standard InChI is InChI=1S/C27H26F4N6O3/c1-15-13-17(7-8-32-15)21-22-19(14-37(26(21)39)36-9-11-40-12-10-36)24(34-35(3)25(22)38)33-16(2)18-5-4-6-20(23(18)28)27(29,30)31/h4-8,13-14,16H,9-12H2,1-3H3,(H,33,34)/t16-/m1/s1. The Morgan fingerprint density at radius 2 is 1.82 bits per heavy atom. The van der Waals surface area contributed by atoms with Gasteiger partial charge in [-0.2, -0.15) is 18.3 Å². The first-order chi connectivity index (χ1) is 19.0. The van der Waals surface area contributed by atoms with Crippen LogP contribution >= 0.6 is 0 Å². The first-order valence-corrected chi connectivity index (χ1v) is 12.5. The number of rotatable bonds is 5. The fraction of sp³-hybridized carbons (Fsp3) is 0.333. The number of ether oxygens (including phenoxy) is 1. The lowest BCUT2D eigenvalue weighted by Gasteiger charge is -2.31. The van der Waals surface area contributed by atoms with Crippen LogP contribution in [0, 0.1) is 12.7 Å². The van der Waals surface area contributed by atoms with E-state index >= 15 is 0 Å². The highest BCUT2D eigenvalue weighted by Gasteiger charge is 2.35. The molecular weight excluding hydrogens is 532 g/mol. The molecule has 9 nitrogen and oxygen atoms in total. The predicted molar refractivity (Wildman–Crippen MR) is 141 cm³/mol. The lowest BCUT2D eigenvalue weighted by Crippen LogP contribution is -2.49. The van der Waals surface area contributed by atoms with Crippen LogP contribution in [0.25, 0.3) is 21.9 Å². The van der Waals surface area contributed by atoms with Gasteiger partial charge in [-0.1, -0.05) is 12.1 Å². The average molecular weight is 559 g/mol. The van der Waals surface area contributed by atoms with Gasteiger partial charge in [0, 0.05) is 30.7 Å². The van der Waals surface area contributed by atoms with Gasteiger partial charge >= 0.3 is 6.18 Å². The molecule has 13 heteroatoms. The van der Waals surface area contributed by atoms with Crippen LogP contribution in [0.5, 0.6) is 0 Å². The Bertz CT molecular complexity index is 1710. The zero-order valence-electron chi connectivity index (χ0n) is 21.9. The van der Waals surface area contributed by atoms with Crippen molar-refractivity contribution in [3.8, 4) is 11.1 Å². The lowest BCUT2D eigenvalue weighted by atomic mass is 10.0. The molecule has 0 radical (unpaired) electrons. The lowest BCUT2D eigenvalue weighted by molar-refractivity contribution is -0.140. The second-order valence-electron chi connectivity index (χ2n) is 9.54. The van der Waals surface area contributed by atoms with Crippen molar-refractivity contribution in [3.05, 3.63) is 86.1 Å². The smallest absolute Gasteiger partial charge is 0.378 e. The number of fused-ring (bicyclic) bond motifs is 1. The molecule has 3 aromatic heterocycles. The van der Waals surface area contributed by atoms with Gasteiger partial charge in [0.1, 0.15) is 5.82 Å². The summed E-state index contributed by atoms with van der Waals surface area (Å²) in [5.74, 6) is -1.31. The third-order valence-corrected chi connectivity index (χ3v) is 6.84. The Morgan fingerprint density at radius 3 is 2.50 bits per heavy atom. The number of alkyl halides is 3. The molecule has 40 heavy (non-hydrogen) atoms. The van der Waals surface area contributed by atoms with E-state index < -0.39 is 34.7 Å². The minimum atomic E-state index is -4.87. The molecule has 1 saturated heterocycles. The number of halogens is 4. The Kier molecular flexibility index (Phi) is 7.08. The highest BCUT2D eigenvalue weighted by atomic mass is 19.4. The van der Waals surface area contributed by atoms with E-state index in [0.29, 0.717) is 43.6 Å². The van der Waals surface area contributed by atoms with E-state index in [1.165, 1.54) is 37.1 Å². The Hall–Kier alpha value is -4.26. The number of anilines is 1. The van der Waals surface area contributed by atoms with Crippen molar-refractivity contribution in [1.82, 2.24) is 19.4 Å². The molecule has 0 amide bonds. The molecule has 0 unspecified atom stereocenters. The second-order valence-corrected chi connectivity index (χ2v) is 9.54. The van der Waals surface area contributed by atoms with E-state index in [4.69, 9.17) is 4.74 Å². The molecule has 0 aliphatic carbocycles. The normalized spacial score (nSPS) is 14.9. The highest BCUT2D eigenvalue weighted by molar-refractivity contribution is 6.00. The third-order valence-electron chi connectivity index (χ3n) is 6.84. The van der Waals surface area contributed by atoms with Gasteiger partial charge in [0.15, 0.2) is 5.82 Å². The summed E-state index contributed by atoms with van der Waals surface area (Å²) in [5.41, 5.74) is -1.38. The van der Waals surface area contributed by atoms with Crippen molar-refractivity contribution in [2.24, 2.45) is 7.05 Å². The first-order valence-electron chi connectivity index (χ1n) is 12.5. The summed E-state index contributed by atoms with van der Waals surface area (Å²) >= 11 is 0. The van der Waals surface area contributed by atoms with Crippen LogP contribution in [0.4, 0.5) is 23.4 Å². The molecule has 1 aromatic carbocycles. The number of aromatic nitrogens is 4. The zero-order chi connectivity index (χ0) is 28.8. The SMILES string of the molecule is Cc1cc(-c2c(=O)n(N3CCOCC3)cc3c(N[C@H](C)c4cccc(C(F)(F)F)c4F)nn(C)c(=O)c23)ccn1. The monoisotopic (exact) mass is 558 g/mol. The number of hydrogen-bond donors (Lipinski definition) is 1. The minimum absolute atomic E-state index is 0.0665.